The molecule has 1 saturated carbocycles. The van der Waals surface area contributed by atoms with Gasteiger partial charge in [0.15, 0.2) is 5.76 Å². The molecular weight excluding hydrogens is 521 g/mol. The molecule has 0 bridgehead atoms. The molecule has 6 rings (SSSR count). The molecule has 0 aliphatic heterocycles. The molecule has 0 unspecified atom stereocenters. The quantitative estimate of drug-likeness (QED) is 0.208. The Balaban J connectivity index is 1.45. The third-order valence-corrected chi connectivity index (χ3v) is 7.70. The van der Waals surface area contributed by atoms with Crippen molar-refractivity contribution in [2.24, 2.45) is 0 Å². The Morgan fingerprint density at radius 1 is 0.895 bits per heavy atom. The molecule has 2 heterocycles. The van der Waals surface area contributed by atoms with E-state index in [-0.39, 0.29) is 5.41 Å². The van der Waals surface area contributed by atoms with E-state index in [0.29, 0.717) is 33.1 Å². The van der Waals surface area contributed by atoms with Gasteiger partial charge in [0, 0.05) is 16.1 Å². The van der Waals surface area contributed by atoms with Crippen LogP contribution in [-0.4, -0.2) is 29.0 Å². The van der Waals surface area contributed by atoms with Crippen LogP contribution in [0.25, 0.3) is 28.4 Å². The summed E-state index contributed by atoms with van der Waals surface area (Å²) < 4.78 is 18.9. The highest BCUT2D eigenvalue weighted by molar-refractivity contribution is 6.35. The van der Waals surface area contributed by atoms with Crippen LogP contribution >= 0.6 is 23.2 Å². The van der Waals surface area contributed by atoms with Crippen molar-refractivity contribution >= 4 is 23.2 Å². The van der Waals surface area contributed by atoms with E-state index in [4.69, 9.17) is 47.2 Å². The maximum Gasteiger partial charge on any atom is 0.205 e. The fraction of sp³-hybridized carbons (Fsp3) is 0.200. The molecule has 1 fully saturated rings. The molecule has 192 valence electrons. The van der Waals surface area contributed by atoms with Crippen LogP contribution in [-0.2, 0) is 5.41 Å². The molecule has 38 heavy (non-hydrogen) atoms. The topological polar surface area (TPSA) is 62.3 Å². The molecule has 6 nitrogen and oxygen atoms in total. The number of hydrogen-bond donors (Lipinski definition) is 0. The van der Waals surface area contributed by atoms with Gasteiger partial charge in [0.05, 0.1) is 42.2 Å². The Morgan fingerprint density at radius 2 is 1.55 bits per heavy atom. The second-order valence-electron chi connectivity index (χ2n) is 9.40. The summed E-state index contributed by atoms with van der Waals surface area (Å²) in [6.07, 6.45) is 3.72. The number of nitrogens with zero attached hydrogens (tertiary/aromatic N) is 3. The van der Waals surface area contributed by atoms with E-state index in [1.54, 1.807) is 32.5 Å². The van der Waals surface area contributed by atoms with Crippen molar-refractivity contribution in [1.29, 1.82) is 0 Å². The van der Waals surface area contributed by atoms with Gasteiger partial charge >= 0.3 is 0 Å². The van der Waals surface area contributed by atoms with Crippen LogP contribution in [0.2, 0.25) is 10.0 Å². The molecular formula is C30H25Cl2N3O3. The molecule has 0 atom stereocenters. The van der Waals surface area contributed by atoms with Gasteiger partial charge in [0.25, 0.3) is 0 Å². The zero-order valence-electron chi connectivity index (χ0n) is 21.2. The monoisotopic (exact) mass is 545 g/mol. The van der Waals surface area contributed by atoms with Crippen LogP contribution < -0.4 is 9.47 Å². The first kappa shape index (κ1) is 24.6. The van der Waals surface area contributed by atoms with Gasteiger partial charge in [-0.1, -0.05) is 35.3 Å². The van der Waals surface area contributed by atoms with E-state index in [1.165, 1.54) is 5.56 Å². The maximum atomic E-state index is 6.63. The number of halogens is 2. The number of rotatable bonds is 7. The number of ether oxygens (including phenoxy) is 2. The molecule has 3 aromatic carbocycles. The lowest BCUT2D eigenvalue weighted by Gasteiger charge is -2.12. The molecule has 0 spiro atoms. The van der Waals surface area contributed by atoms with Crippen molar-refractivity contribution in [2.45, 2.75) is 25.2 Å². The number of methoxy groups -OCH3 is 2. The Kier molecular flexibility index (Phi) is 6.17. The minimum Gasteiger partial charge on any atom is -0.497 e. The summed E-state index contributed by atoms with van der Waals surface area (Å²) in [5, 5.41) is 6.03. The van der Waals surface area contributed by atoms with Crippen molar-refractivity contribution in [1.82, 2.24) is 14.8 Å². The summed E-state index contributed by atoms with van der Waals surface area (Å²) in [4.78, 5) is 4.72. The van der Waals surface area contributed by atoms with Crippen LogP contribution in [0.5, 0.6) is 11.5 Å². The normalized spacial score (nSPS) is 13.9. The van der Waals surface area contributed by atoms with Crippen molar-refractivity contribution in [3.05, 3.63) is 100.0 Å². The van der Waals surface area contributed by atoms with Crippen molar-refractivity contribution in [3.63, 3.8) is 0 Å². The summed E-state index contributed by atoms with van der Waals surface area (Å²) >= 11 is 12.8. The van der Waals surface area contributed by atoms with Gasteiger partial charge < -0.3 is 13.9 Å². The first-order valence-corrected chi connectivity index (χ1v) is 13.0. The third-order valence-electron chi connectivity index (χ3n) is 7.16. The maximum absolute atomic E-state index is 6.63. The van der Waals surface area contributed by atoms with E-state index in [1.807, 2.05) is 54.1 Å². The van der Waals surface area contributed by atoms with Crippen LogP contribution in [0.4, 0.5) is 0 Å². The third kappa shape index (κ3) is 4.14. The molecule has 0 radical (unpaired) electrons. The smallest absolute Gasteiger partial charge is 0.205 e. The highest BCUT2D eigenvalue weighted by Gasteiger charge is 2.50. The lowest BCUT2D eigenvalue weighted by molar-refractivity contribution is 0.414. The van der Waals surface area contributed by atoms with E-state index >= 15 is 0 Å². The van der Waals surface area contributed by atoms with Gasteiger partial charge in [-0.15, -0.1) is 0 Å². The second-order valence-corrected chi connectivity index (χ2v) is 10.2. The molecule has 1 aliphatic rings. The molecule has 0 amide bonds. The molecule has 2 aromatic heterocycles. The first-order chi connectivity index (χ1) is 18.4. The van der Waals surface area contributed by atoms with E-state index in [9.17, 15) is 0 Å². The highest BCUT2D eigenvalue weighted by atomic mass is 35.5. The van der Waals surface area contributed by atoms with Gasteiger partial charge in [-0.3, -0.25) is 0 Å². The van der Waals surface area contributed by atoms with Crippen LogP contribution in [0.3, 0.4) is 0 Å². The van der Waals surface area contributed by atoms with Gasteiger partial charge in [-0.25, -0.2) is 9.67 Å². The average molecular weight is 546 g/mol. The highest BCUT2D eigenvalue weighted by Crippen LogP contribution is 2.54. The standard InChI is InChI=1S/C30H25Cl2N3O3/c1-18-27(26-17-33-29(38-26)30(14-15-30)20-6-11-23(37-3)12-7-20)34-35(25-13-8-21(31)16-24(25)32)28(18)19-4-9-22(36-2)10-5-19/h4-13,16-17H,14-15H2,1-3H3. The van der Waals surface area contributed by atoms with Gasteiger partial charge in [0.2, 0.25) is 5.89 Å². The van der Waals surface area contributed by atoms with Crippen molar-refractivity contribution < 1.29 is 13.9 Å². The molecule has 5 aromatic rings. The molecule has 1 aliphatic carbocycles. The van der Waals surface area contributed by atoms with Crippen molar-refractivity contribution in [2.75, 3.05) is 14.2 Å². The van der Waals surface area contributed by atoms with Gasteiger partial charge in [-0.05, 0) is 79.9 Å². The van der Waals surface area contributed by atoms with Crippen molar-refractivity contribution in [3.8, 4) is 39.9 Å². The summed E-state index contributed by atoms with van der Waals surface area (Å²) in [5.41, 5.74) is 5.16. The number of hydrogen-bond acceptors (Lipinski definition) is 5. The van der Waals surface area contributed by atoms with Gasteiger partial charge in [-0.2, -0.15) is 5.10 Å². The minimum absolute atomic E-state index is 0.223. The molecule has 0 saturated heterocycles. The summed E-state index contributed by atoms with van der Waals surface area (Å²) in [5.74, 6) is 2.90. The second kappa shape index (κ2) is 9.53. The number of oxazole rings is 1. The molecule has 0 N–H and O–H groups in total. The Bertz CT molecular complexity index is 1620. The summed E-state index contributed by atoms with van der Waals surface area (Å²) in [7, 11) is 3.32. The summed E-state index contributed by atoms with van der Waals surface area (Å²) in [6.45, 7) is 2.03. The van der Waals surface area contributed by atoms with Crippen LogP contribution in [0.1, 0.15) is 29.9 Å². The van der Waals surface area contributed by atoms with Crippen LogP contribution in [0, 0.1) is 6.92 Å². The predicted molar refractivity (Wildman–Crippen MR) is 149 cm³/mol. The Hall–Kier alpha value is -3.74. The predicted octanol–water partition coefficient (Wildman–Crippen LogP) is 7.91. The molecule has 8 heteroatoms. The Labute approximate surface area is 230 Å². The number of aromatic nitrogens is 3. The lowest BCUT2D eigenvalue weighted by Crippen LogP contribution is -2.08. The van der Waals surface area contributed by atoms with E-state index in [0.717, 1.165) is 41.2 Å². The van der Waals surface area contributed by atoms with E-state index < -0.39 is 0 Å². The fourth-order valence-corrected chi connectivity index (χ4v) is 5.40. The zero-order chi connectivity index (χ0) is 26.4. The Morgan fingerprint density at radius 3 is 2.16 bits per heavy atom. The summed E-state index contributed by atoms with van der Waals surface area (Å²) in [6, 6.07) is 21.3. The number of benzene rings is 3. The first-order valence-electron chi connectivity index (χ1n) is 12.2. The zero-order valence-corrected chi connectivity index (χ0v) is 22.7. The minimum atomic E-state index is -0.223. The van der Waals surface area contributed by atoms with Gasteiger partial charge in [0.1, 0.15) is 17.2 Å². The SMILES string of the molecule is COc1ccc(-c2c(C)c(-c3cnc(C4(c5ccc(OC)cc5)CC4)o3)nn2-c2ccc(Cl)cc2Cl)cc1. The average Bonchev–Trinajstić information content (AvgIpc) is 3.47. The van der Waals surface area contributed by atoms with E-state index in [2.05, 4.69) is 12.1 Å². The lowest BCUT2D eigenvalue weighted by atomic mass is 9.96. The largest absolute Gasteiger partial charge is 0.497 e. The fourth-order valence-electron chi connectivity index (χ4n) is 4.91. The van der Waals surface area contributed by atoms with Crippen LogP contribution in [0.15, 0.2) is 77.3 Å².